The van der Waals surface area contributed by atoms with Gasteiger partial charge in [0.2, 0.25) is 11.8 Å². The first-order chi connectivity index (χ1) is 12.6. The summed E-state index contributed by atoms with van der Waals surface area (Å²) in [6.45, 7) is 4.53. The number of pyridine rings is 1. The molecule has 1 atom stereocenters. The fraction of sp³-hybridized carbons (Fsp3) is 0.444. The van der Waals surface area contributed by atoms with Crippen LogP contribution in [0.4, 0.5) is 5.69 Å². The zero-order chi connectivity index (χ0) is 18.3. The first kappa shape index (κ1) is 17.0. The number of anilines is 1. The first-order valence-corrected chi connectivity index (χ1v) is 9.69. The Labute approximate surface area is 155 Å². The number of hydrogen-bond donors (Lipinski definition) is 1. The van der Waals surface area contributed by atoms with Crippen molar-refractivity contribution in [3.05, 3.63) is 34.5 Å². The van der Waals surface area contributed by atoms with Crippen molar-refractivity contribution in [2.24, 2.45) is 0 Å². The molecule has 3 aromatic rings. The van der Waals surface area contributed by atoms with Crippen LogP contribution < -0.4 is 5.73 Å². The number of thiophene rings is 1. The molecule has 0 aromatic carbocycles. The quantitative estimate of drug-likeness (QED) is 0.754. The van der Waals surface area contributed by atoms with Crippen molar-refractivity contribution in [3.8, 4) is 0 Å². The minimum Gasteiger partial charge on any atom is -0.423 e. The smallest absolute Gasteiger partial charge is 0.266 e. The monoisotopic (exact) mass is 371 g/mol. The highest BCUT2D eigenvalue weighted by Crippen LogP contribution is 2.38. The van der Waals surface area contributed by atoms with E-state index in [0.29, 0.717) is 28.9 Å². The van der Waals surface area contributed by atoms with Crippen molar-refractivity contribution in [3.63, 3.8) is 0 Å². The van der Waals surface area contributed by atoms with E-state index in [1.807, 2.05) is 12.1 Å². The van der Waals surface area contributed by atoms with Crippen molar-refractivity contribution >= 4 is 33.1 Å². The van der Waals surface area contributed by atoms with Gasteiger partial charge in [-0.15, -0.1) is 21.5 Å². The van der Waals surface area contributed by atoms with Gasteiger partial charge < -0.3 is 15.1 Å². The lowest BCUT2D eigenvalue weighted by Crippen LogP contribution is -2.30. The highest BCUT2D eigenvalue weighted by molar-refractivity contribution is 7.21. The van der Waals surface area contributed by atoms with Crippen LogP contribution in [0.1, 0.15) is 59.4 Å². The zero-order valence-corrected chi connectivity index (χ0v) is 15.7. The standard InChI is InChI=1S/C18H21N5O2S/c1-3-5-11-7-8-12-14(19)15(26-17(12)20-11)18(24)23-9-4-6-13(23)16-22-21-10(2)25-16/h7-8,13H,3-6,9,19H2,1-2H3. The molecule has 1 aliphatic heterocycles. The van der Waals surface area contributed by atoms with Gasteiger partial charge in [-0.2, -0.15) is 0 Å². The van der Waals surface area contributed by atoms with Crippen LogP contribution in [-0.2, 0) is 6.42 Å². The summed E-state index contributed by atoms with van der Waals surface area (Å²) in [6, 6.07) is 3.78. The molecule has 0 spiro atoms. The van der Waals surface area contributed by atoms with E-state index >= 15 is 0 Å². The average Bonchev–Trinajstić information content (AvgIpc) is 3.33. The van der Waals surface area contributed by atoms with E-state index in [-0.39, 0.29) is 11.9 Å². The predicted molar refractivity (Wildman–Crippen MR) is 100 cm³/mol. The van der Waals surface area contributed by atoms with Crippen LogP contribution in [0.15, 0.2) is 16.5 Å². The van der Waals surface area contributed by atoms with E-state index < -0.39 is 0 Å². The molecule has 26 heavy (non-hydrogen) atoms. The first-order valence-electron chi connectivity index (χ1n) is 8.87. The molecule has 1 unspecified atom stereocenters. The van der Waals surface area contributed by atoms with Gasteiger partial charge in [-0.25, -0.2) is 4.98 Å². The number of carbonyl (C=O) groups excluding carboxylic acids is 1. The molecule has 0 saturated carbocycles. The Morgan fingerprint density at radius 3 is 3.00 bits per heavy atom. The number of nitrogens with zero attached hydrogens (tertiary/aromatic N) is 4. The molecule has 4 heterocycles. The van der Waals surface area contributed by atoms with E-state index in [4.69, 9.17) is 10.2 Å². The molecule has 2 N–H and O–H groups in total. The Bertz CT molecular complexity index is 964. The van der Waals surface area contributed by atoms with Crippen LogP contribution >= 0.6 is 11.3 Å². The Kier molecular flexibility index (Phi) is 4.36. The minimum atomic E-state index is -0.183. The molecular formula is C18H21N5O2S. The van der Waals surface area contributed by atoms with Gasteiger partial charge in [0.15, 0.2) is 0 Å². The van der Waals surface area contributed by atoms with E-state index in [1.165, 1.54) is 11.3 Å². The largest absolute Gasteiger partial charge is 0.423 e. The Morgan fingerprint density at radius 1 is 1.42 bits per heavy atom. The van der Waals surface area contributed by atoms with Crippen LogP contribution in [0.5, 0.6) is 0 Å². The molecule has 0 radical (unpaired) electrons. The van der Waals surface area contributed by atoms with Gasteiger partial charge in [-0.1, -0.05) is 13.3 Å². The summed E-state index contributed by atoms with van der Waals surface area (Å²) in [5.74, 6) is 0.922. The van der Waals surface area contributed by atoms with Gasteiger partial charge in [0.05, 0.1) is 5.69 Å². The minimum absolute atomic E-state index is 0.0825. The highest BCUT2D eigenvalue weighted by Gasteiger charge is 2.35. The number of carbonyl (C=O) groups is 1. The van der Waals surface area contributed by atoms with Crippen molar-refractivity contribution in [1.82, 2.24) is 20.1 Å². The highest BCUT2D eigenvalue weighted by atomic mass is 32.1. The summed E-state index contributed by atoms with van der Waals surface area (Å²) in [7, 11) is 0. The molecule has 4 rings (SSSR count). The molecule has 8 heteroatoms. The van der Waals surface area contributed by atoms with E-state index in [9.17, 15) is 4.79 Å². The topological polar surface area (TPSA) is 98.1 Å². The van der Waals surface area contributed by atoms with E-state index in [1.54, 1.807) is 11.8 Å². The number of nitrogen functional groups attached to an aromatic ring is 1. The summed E-state index contributed by atoms with van der Waals surface area (Å²) >= 11 is 1.37. The molecule has 0 bridgehead atoms. The van der Waals surface area contributed by atoms with Gasteiger partial charge in [0.25, 0.3) is 5.91 Å². The SMILES string of the molecule is CCCc1ccc2c(N)c(C(=O)N3CCCC3c3nnc(C)o3)sc2n1. The number of aryl methyl sites for hydroxylation is 2. The number of aromatic nitrogens is 3. The summed E-state index contributed by atoms with van der Waals surface area (Å²) < 4.78 is 5.56. The van der Waals surface area contributed by atoms with Crippen LogP contribution in [-0.4, -0.2) is 32.5 Å². The van der Waals surface area contributed by atoms with Gasteiger partial charge in [-0.3, -0.25) is 4.79 Å². The van der Waals surface area contributed by atoms with Crippen molar-refractivity contribution < 1.29 is 9.21 Å². The summed E-state index contributed by atoms with van der Waals surface area (Å²) in [6.07, 6.45) is 3.67. The van der Waals surface area contributed by atoms with Crippen molar-refractivity contribution in [2.75, 3.05) is 12.3 Å². The number of rotatable bonds is 4. The Hall–Kier alpha value is -2.48. The van der Waals surface area contributed by atoms with Gasteiger partial charge in [0.1, 0.15) is 15.7 Å². The van der Waals surface area contributed by atoms with Gasteiger partial charge in [-0.05, 0) is 31.4 Å². The van der Waals surface area contributed by atoms with E-state index in [0.717, 1.165) is 41.6 Å². The number of nitrogens with two attached hydrogens (primary N) is 1. The zero-order valence-electron chi connectivity index (χ0n) is 14.9. The molecule has 1 amide bonds. The van der Waals surface area contributed by atoms with Gasteiger partial charge >= 0.3 is 0 Å². The number of fused-ring (bicyclic) bond motifs is 1. The van der Waals surface area contributed by atoms with Crippen LogP contribution in [0.3, 0.4) is 0 Å². The lowest BCUT2D eigenvalue weighted by Gasteiger charge is -2.21. The third-order valence-electron chi connectivity index (χ3n) is 4.69. The molecule has 3 aromatic heterocycles. The van der Waals surface area contributed by atoms with E-state index in [2.05, 4.69) is 22.1 Å². The molecule has 7 nitrogen and oxygen atoms in total. The maximum atomic E-state index is 13.2. The van der Waals surface area contributed by atoms with Gasteiger partial charge in [0, 0.05) is 24.5 Å². The molecule has 1 saturated heterocycles. The second-order valence-corrected chi connectivity index (χ2v) is 7.57. The third kappa shape index (κ3) is 2.84. The third-order valence-corrected chi connectivity index (χ3v) is 5.80. The maximum Gasteiger partial charge on any atom is 0.266 e. The molecule has 1 aliphatic rings. The lowest BCUT2D eigenvalue weighted by atomic mass is 10.2. The van der Waals surface area contributed by atoms with Crippen LogP contribution in [0.25, 0.3) is 10.2 Å². The van der Waals surface area contributed by atoms with Crippen molar-refractivity contribution in [2.45, 2.75) is 45.6 Å². The second-order valence-electron chi connectivity index (χ2n) is 6.57. The number of likely N-dealkylation sites (tertiary alicyclic amines) is 1. The number of amides is 1. The summed E-state index contributed by atoms with van der Waals surface area (Å²) in [4.78, 5) is 21.0. The molecule has 1 fully saturated rings. The molecular weight excluding hydrogens is 350 g/mol. The fourth-order valence-electron chi connectivity index (χ4n) is 3.43. The van der Waals surface area contributed by atoms with Crippen LogP contribution in [0, 0.1) is 6.92 Å². The summed E-state index contributed by atoms with van der Waals surface area (Å²) in [5.41, 5.74) is 7.83. The Balaban J connectivity index is 1.68. The predicted octanol–water partition coefficient (Wildman–Crippen LogP) is 3.50. The fourth-order valence-corrected chi connectivity index (χ4v) is 4.50. The lowest BCUT2D eigenvalue weighted by molar-refractivity contribution is 0.0720. The van der Waals surface area contributed by atoms with Crippen molar-refractivity contribution in [1.29, 1.82) is 0 Å². The number of hydrogen-bond acceptors (Lipinski definition) is 7. The summed E-state index contributed by atoms with van der Waals surface area (Å²) in [5, 5.41) is 8.84. The average molecular weight is 371 g/mol. The molecule has 136 valence electrons. The maximum absolute atomic E-state index is 13.2. The Morgan fingerprint density at radius 2 is 2.27 bits per heavy atom. The molecule has 0 aliphatic carbocycles. The normalized spacial score (nSPS) is 17.3. The second kappa shape index (κ2) is 6.68. The van der Waals surface area contributed by atoms with Crippen LogP contribution in [0.2, 0.25) is 0 Å².